The second-order valence-electron chi connectivity index (χ2n) is 4.66. The number of halogens is 15. The number of hydrogen-bond acceptors (Lipinski definition) is 2. The van der Waals surface area contributed by atoms with Gasteiger partial charge in [-0.3, -0.25) is 0 Å². The van der Waals surface area contributed by atoms with Gasteiger partial charge in [0.05, 0.1) is 0 Å². The van der Waals surface area contributed by atoms with Crippen LogP contribution in [0.1, 0.15) is 6.92 Å². The summed E-state index contributed by atoms with van der Waals surface area (Å²) in [6, 6.07) is 0. The van der Waals surface area contributed by atoms with Crippen LogP contribution in [0.25, 0.3) is 0 Å². The highest BCUT2D eigenvalue weighted by Crippen LogP contribution is 2.62. The first-order valence-corrected chi connectivity index (χ1v) is 6.13. The molecule has 0 unspecified atom stereocenters. The van der Waals surface area contributed by atoms with Crippen molar-refractivity contribution in [3.63, 3.8) is 0 Å². The molecular weight excluding hydrogens is 451 g/mol. The highest BCUT2D eigenvalue weighted by atomic mass is 19.4. The van der Waals surface area contributed by atoms with Crippen LogP contribution >= 0.6 is 0 Å². The first-order valence-electron chi connectivity index (χ1n) is 6.13. The van der Waals surface area contributed by atoms with Crippen molar-refractivity contribution >= 4 is 5.97 Å². The van der Waals surface area contributed by atoms with E-state index in [4.69, 9.17) is 10.8 Å². The van der Waals surface area contributed by atoms with Crippen molar-refractivity contribution in [1.29, 1.82) is 0 Å². The maximum Gasteiger partial charge on any atom is 0.460 e. The van der Waals surface area contributed by atoms with Gasteiger partial charge in [0.1, 0.15) is 0 Å². The fourth-order valence-electron chi connectivity index (χ4n) is 1.10. The normalized spacial score (nSPS) is 15.0. The van der Waals surface area contributed by atoms with E-state index in [0.717, 1.165) is 6.54 Å². The van der Waals surface area contributed by atoms with Crippen LogP contribution in [0.4, 0.5) is 65.9 Å². The summed E-state index contributed by atoms with van der Waals surface area (Å²) in [6.45, 7) is 2.65. The zero-order chi connectivity index (χ0) is 23.8. The summed E-state index contributed by atoms with van der Waals surface area (Å²) in [5, 5.41) is 7.57. The molecule has 28 heavy (non-hydrogen) atoms. The molecule has 0 aliphatic heterocycles. The molecule has 0 aliphatic rings. The first kappa shape index (κ1) is 28.6. The molecule has 0 heterocycles. The highest BCUT2D eigenvalue weighted by Gasteiger charge is 2.94. The molecule has 0 bridgehead atoms. The van der Waals surface area contributed by atoms with Gasteiger partial charge in [0.25, 0.3) is 0 Å². The molecule has 0 aromatic heterocycles. The van der Waals surface area contributed by atoms with Gasteiger partial charge in [0.15, 0.2) is 0 Å². The summed E-state index contributed by atoms with van der Waals surface area (Å²) in [5.41, 5.74) is 4.85. The molecule has 18 heteroatoms. The van der Waals surface area contributed by atoms with Crippen LogP contribution < -0.4 is 5.73 Å². The predicted octanol–water partition coefficient (Wildman–Crippen LogP) is 4.41. The van der Waals surface area contributed by atoms with Gasteiger partial charge in [-0.25, -0.2) is 4.79 Å². The third-order valence-corrected chi connectivity index (χ3v) is 2.60. The number of carbonyl (C=O) groups is 1. The SMILES string of the molecule is CCN.O=C(O)C(F)(F)C(F)(F)C(F)(F)C(F)(F)C(F)(F)C(F)(F)C(F)(F)F. The summed E-state index contributed by atoms with van der Waals surface area (Å²) < 4.78 is 187. The van der Waals surface area contributed by atoms with E-state index in [1.54, 1.807) is 0 Å². The Balaban J connectivity index is 0. The van der Waals surface area contributed by atoms with Gasteiger partial charge >= 0.3 is 47.7 Å². The minimum Gasteiger partial charge on any atom is -0.477 e. The molecule has 170 valence electrons. The molecule has 3 nitrogen and oxygen atoms in total. The Hall–Kier alpha value is -1.62. The molecule has 0 aromatic carbocycles. The molecule has 0 saturated heterocycles. The van der Waals surface area contributed by atoms with Crippen LogP contribution in [0.15, 0.2) is 0 Å². The molecule has 0 rings (SSSR count). The number of carboxylic acid groups (broad SMARTS) is 1. The van der Waals surface area contributed by atoms with Gasteiger partial charge in [0, 0.05) is 0 Å². The van der Waals surface area contributed by atoms with Gasteiger partial charge in [-0.15, -0.1) is 0 Å². The highest BCUT2D eigenvalue weighted by molar-refractivity contribution is 5.77. The molecule has 0 spiro atoms. The van der Waals surface area contributed by atoms with Gasteiger partial charge in [0.2, 0.25) is 0 Å². The Morgan fingerprint density at radius 3 is 1.07 bits per heavy atom. The number of aliphatic carboxylic acids is 1. The second kappa shape index (κ2) is 7.66. The molecule has 0 aliphatic carbocycles. The first-order chi connectivity index (χ1) is 11.9. The molecule has 0 aromatic rings. The minimum atomic E-state index is -8.47. The lowest BCUT2D eigenvalue weighted by molar-refractivity contribution is -0.450. The van der Waals surface area contributed by atoms with Crippen molar-refractivity contribution in [2.45, 2.75) is 48.6 Å². The van der Waals surface area contributed by atoms with Crippen LogP contribution in [0, 0.1) is 0 Å². The zero-order valence-electron chi connectivity index (χ0n) is 12.8. The van der Waals surface area contributed by atoms with Crippen molar-refractivity contribution in [3.05, 3.63) is 0 Å². The number of alkyl halides is 15. The van der Waals surface area contributed by atoms with Crippen molar-refractivity contribution in [2.24, 2.45) is 5.73 Å². The largest absolute Gasteiger partial charge is 0.477 e. The second-order valence-corrected chi connectivity index (χ2v) is 4.66. The van der Waals surface area contributed by atoms with E-state index in [9.17, 15) is 70.7 Å². The Labute approximate surface area is 144 Å². The average molecular weight is 459 g/mol. The van der Waals surface area contributed by atoms with E-state index < -0.39 is 47.7 Å². The molecule has 3 N–H and O–H groups in total. The smallest absolute Gasteiger partial charge is 0.460 e. The Morgan fingerprint density at radius 2 is 0.857 bits per heavy atom. The van der Waals surface area contributed by atoms with Gasteiger partial charge in [-0.05, 0) is 6.54 Å². The molecule has 0 saturated carbocycles. The van der Waals surface area contributed by atoms with E-state index in [1.807, 2.05) is 6.92 Å². The topological polar surface area (TPSA) is 63.3 Å². The van der Waals surface area contributed by atoms with Crippen LogP contribution in [-0.4, -0.2) is 59.3 Å². The summed E-state index contributed by atoms with van der Waals surface area (Å²) in [7, 11) is 0. The third kappa shape index (κ3) is 3.91. The Bertz CT molecular complexity index is 554. The summed E-state index contributed by atoms with van der Waals surface area (Å²) in [5.74, 6) is -52.8. The quantitative estimate of drug-likeness (QED) is 0.579. The lowest BCUT2D eigenvalue weighted by atomic mass is 9.91. The van der Waals surface area contributed by atoms with Crippen molar-refractivity contribution in [3.8, 4) is 0 Å². The number of carboxylic acids is 1. The lowest BCUT2D eigenvalue weighted by Crippen LogP contribution is -2.73. The van der Waals surface area contributed by atoms with E-state index in [0.29, 0.717) is 0 Å². The van der Waals surface area contributed by atoms with E-state index in [-0.39, 0.29) is 0 Å². The summed E-state index contributed by atoms with van der Waals surface area (Å²) in [6.07, 6.45) is -7.69. The molecule has 0 radical (unpaired) electrons. The van der Waals surface area contributed by atoms with Crippen LogP contribution in [0.5, 0.6) is 0 Å². The van der Waals surface area contributed by atoms with Gasteiger partial charge in [-0.2, -0.15) is 65.9 Å². The fourth-order valence-corrected chi connectivity index (χ4v) is 1.10. The Kier molecular flexibility index (Phi) is 7.82. The number of hydrogen-bond donors (Lipinski definition) is 2. The fraction of sp³-hybridized carbons (Fsp3) is 0.900. The predicted molar refractivity (Wildman–Crippen MR) is 58.1 cm³/mol. The molecule has 0 fully saturated rings. The van der Waals surface area contributed by atoms with Crippen LogP contribution in [-0.2, 0) is 4.79 Å². The van der Waals surface area contributed by atoms with E-state index in [1.165, 1.54) is 0 Å². The zero-order valence-corrected chi connectivity index (χ0v) is 12.8. The van der Waals surface area contributed by atoms with Gasteiger partial charge in [-0.1, -0.05) is 6.92 Å². The van der Waals surface area contributed by atoms with Gasteiger partial charge < -0.3 is 10.8 Å². The monoisotopic (exact) mass is 459 g/mol. The van der Waals surface area contributed by atoms with E-state index >= 15 is 0 Å². The minimum absolute atomic E-state index is 0.750. The lowest BCUT2D eigenvalue weighted by Gasteiger charge is -2.40. The molecule has 0 amide bonds. The van der Waals surface area contributed by atoms with Crippen molar-refractivity contribution < 1.29 is 75.8 Å². The Morgan fingerprint density at radius 1 is 0.643 bits per heavy atom. The third-order valence-electron chi connectivity index (χ3n) is 2.60. The summed E-state index contributed by atoms with van der Waals surface area (Å²) in [4.78, 5) is 9.72. The molecule has 0 atom stereocenters. The van der Waals surface area contributed by atoms with Crippen LogP contribution in [0.2, 0.25) is 0 Å². The molecular formula is C10H8F15NO2. The van der Waals surface area contributed by atoms with Crippen molar-refractivity contribution in [2.75, 3.05) is 6.54 Å². The maximum absolute atomic E-state index is 12.8. The standard InChI is InChI=1S/C8HF15O2.C2H7N/c9-2(10,1(24)25)3(11,12)4(13,14)5(15,16)6(17,18)7(19,20)8(21,22)23;1-2-3/h(H,24,25);2-3H2,1H3. The summed E-state index contributed by atoms with van der Waals surface area (Å²) >= 11 is 0. The number of rotatable bonds is 6. The van der Waals surface area contributed by atoms with Crippen molar-refractivity contribution in [1.82, 2.24) is 0 Å². The average Bonchev–Trinajstić information content (AvgIpc) is 2.45. The number of nitrogens with two attached hydrogens (primary N) is 1. The van der Waals surface area contributed by atoms with E-state index in [2.05, 4.69) is 0 Å². The van der Waals surface area contributed by atoms with Crippen LogP contribution in [0.3, 0.4) is 0 Å². The maximum atomic E-state index is 12.8.